The summed E-state index contributed by atoms with van der Waals surface area (Å²) >= 11 is 5.49. The van der Waals surface area contributed by atoms with Crippen LogP contribution in [0.25, 0.3) is 0 Å². The summed E-state index contributed by atoms with van der Waals surface area (Å²) in [4.78, 5) is 2.09. The standard InChI is InChI=1S/C15H18N2OS/c1-10(2)9-17-14(19)16-12-8-15(17,3)18-13-7-5-4-6-11(12)13/h4-7,12H,1,8-9H2,2-3H3,(H,16,19). The molecule has 2 aliphatic heterocycles. The van der Waals surface area contributed by atoms with Crippen LogP contribution < -0.4 is 10.1 Å². The second kappa shape index (κ2) is 4.23. The second-order valence-electron chi connectivity index (χ2n) is 5.56. The van der Waals surface area contributed by atoms with Crippen molar-refractivity contribution in [3.63, 3.8) is 0 Å². The van der Waals surface area contributed by atoms with E-state index in [-0.39, 0.29) is 11.8 Å². The number of ether oxygens (including phenoxy) is 1. The molecule has 1 N–H and O–H groups in total. The Labute approximate surface area is 119 Å². The molecule has 2 bridgehead atoms. The molecule has 0 amide bonds. The van der Waals surface area contributed by atoms with E-state index in [1.165, 1.54) is 5.56 Å². The molecule has 2 heterocycles. The van der Waals surface area contributed by atoms with Gasteiger partial charge in [-0.3, -0.25) is 0 Å². The molecule has 0 saturated carbocycles. The molecule has 2 aliphatic rings. The smallest absolute Gasteiger partial charge is 0.184 e. The van der Waals surface area contributed by atoms with Crippen molar-refractivity contribution >= 4 is 17.3 Å². The average Bonchev–Trinajstić information content (AvgIpc) is 2.34. The van der Waals surface area contributed by atoms with E-state index in [4.69, 9.17) is 17.0 Å². The fraction of sp³-hybridized carbons (Fsp3) is 0.400. The van der Waals surface area contributed by atoms with Crippen molar-refractivity contribution in [3.8, 4) is 5.75 Å². The van der Waals surface area contributed by atoms with E-state index in [1.54, 1.807) is 0 Å². The molecule has 1 saturated heterocycles. The number of rotatable bonds is 2. The molecule has 2 unspecified atom stereocenters. The van der Waals surface area contributed by atoms with Crippen molar-refractivity contribution < 1.29 is 4.74 Å². The topological polar surface area (TPSA) is 24.5 Å². The van der Waals surface area contributed by atoms with E-state index in [2.05, 4.69) is 29.8 Å². The average molecular weight is 274 g/mol. The maximum absolute atomic E-state index is 6.23. The van der Waals surface area contributed by atoms with Crippen LogP contribution in [-0.4, -0.2) is 22.3 Å². The summed E-state index contributed by atoms with van der Waals surface area (Å²) in [6, 6.07) is 8.41. The van der Waals surface area contributed by atoms with Gasteiger partial charge in [0.15, 0.2) is 10.8 Å². The predicted molar refractivity (Wildman–Crippen MR) is 80.1 cm³/mol. The fourth-order valence-corrected chi connectivity index (χ4v) is 3.27. The highest BCUT2D eigenvalue weighted by atomic mass is 32.1. The largest absolute Gasteiger partial charge is 0.468 e. The van der Waals surface area contributed by atoms with Gasteiger partial charge < -0.3 is 15.0 Å². The van der Waals surface area contributed by atoms with Crippen LogP contribution in [0.3, 0.4) is 0 Å². The van der Waals surface area contributed by atoms with Gasteiger partial charge in [0, 0.05) is 18.5 Å². The summed E-state index contributed by atoms with van der Waals surface area (Å²) in [5.74, 6) is 0.947. The third-order valence-corrected chi connectivity index (χ3v) is 4.09. The van der Waals surface area contributed by atoms with Crippen molar-refractivity contribution in [3.05, 3.63) is 42.0 Å². The lowest BCUT2D eigenvalue weighted by Crippen LogP contribution is -2.64. The van der Waals surface area contributed by atoms with Gasteiger partial charge in [-0.15, -0.1) is 0 Å². The molecule has 1 aromatic carbocycles. The van der Waals surface area contributed by atoms with E-state index in [0.717, 1.165) is 29.4 Å². The fourth-order valence-electron chi connectivity index (χ4n) is 2.87. The highest BCUT2D eigenvalue weighted by molar-refractivity contribution is 7.80. The van der Waals surface area contributed by atoms with Gasteiger partial charge in [0.25, 0.3) is 0 Å². The van der Waals surface area contributed by atoms with E-state index in [9.17, 15) is 0 Å². The normalized spacial score (nSPS) is 28.2. The van der Waals surface area contributed by atoms with Gasteiger partial charge in [0.2, 0.25) is 0 Å². The van der Waals surface area contributed by atoms with Gasteiger partial charge >= 0.3 is 0 Å². The molecule has 3 rings (SSSR count). The third kappa shape index (κ3) is 2.00. The van der Waals surface area contributed by atoms with Crippen LogP contribution in [0.15, 0.2) is 36.4 Å². The zero-order valence-corrected chi connectivity index (χ0v) is 12.1. The summed E-state index contributed by atoms with van der Waals surface area (Å²) < 4.78 is 6.23. The van der Waals surface area contributed by atoms with E-state index >= 15 is 0 Å². The molecular weight excluding hydrogens is 256 g/mol. The first kappa shape index (κ1) is 12.5. The van der Waals surface area contributed by atoms with Crippen LogP contribution in [0.4, 0.5) is 0 Å². The Hall–Kier alpha value is -1.55. The molecule has 19 heavy (non-hydrogen) atoms. The summed E-state index contributed by atoms with van der Waals surface area (Å²) in [7, 11) is 0. The molecular formula is C15H18N2OS. The number of nitrogens with zero attached hydrogens (tertiary/aromatic N) is 1. The third-order valence-electron chi connectivity index (χ3n) is 3.75. The minimum Gasteiger partial charge on any atom is -0.468 e. The lowest BCUT2D eigenvalue weighted by atomic mass is 9.90. The van der Waals surface area contributed by atoms with Crippen molar-refractivity contribution in [2.24, 2.45) is 0 Å². The van der Waals surface area contributed by atoms with Gasteiger partial charge in [-0.1, -0.05) is 30.4 Å². The maximum Gasteiger partial charge on any atom is 0.184 e. The first-order chi connectivity index (χ1) is 8.99. The van der Waals surface area contributed by atoms with Gasteiger partial charge in [0.1, 0.15) is 5.75 Å². The van der Waals surface area contributed by atoms with Crippen LogP contribution in [0.2, 0.25) is 0 Å². The molecule has 3 nitrogen and oxygen atoms in total. The SMILES string of the molecule is C=C(C)CN1C(=S)NC2CC1(C)Oc1ccccc12. The Bertz CT molecular complexity index is 557. The van der Waals surface area contributed by atoms with Gasteiger partial charge in [0.05, 0.1) is 6.04 Å². The highest BCUT2D eigenvalue weighted by Crippen LogP contribution is 2.43. The van der Waals surface area contributed by atoms with Gasteiger partial charge in [-0.2, -0.15) is 0 Å². The van der Waals surface area contributed by atoms with E-state index in [0.29, 0.717) is 0 Å². The van der Waals surface area contributed by atoms with Crippen LogP contribution in [-0.2, 0) is 0 Å². The van der Waals surface area contributed by atoms with Crippen LogP contribution >= 0.6 is 12.2 Å². The number of hydrogen-bond acceptors (Lipinski definition) is 2. The first-order valence-electron chi connectivity index (χ1n) is 6.50. The number of para-hydroxylation sites is 1. The molecule has 0 aromatic heterocycles. The van der Waals surface area contributed by atoms with Crippen LogP contribution in [0.1, 0.15) is 31.9 Å². The van der Waals surface area contributed by atoms with Gasteiger partial charge in [-0.25, -0.2) is 0 Å². The Morgan fingerprint density at radius 2 is 2.32 bits per heavy atom. The summed E-state index contributed by atoms with van der Waals surface area (Å²) in [6.45, 7) is 8.81. The zero-order chi connectivity index (χ0) is 13.6. The molecule has 0 spiro atoms. The Balaban J connectivity index is 2.01. The Kier molecular flexibility index (Phi) is 2.78. The number of hydrogen-bond donors (Lipinski definition) is 1. The Morgan fingerprint density at radius 3 is 3.05 bits per heavy atom. The molecule has 0 radical (unpaired) electrons. The lowest BCUT2D eigenvalue weighted by molar-refractivity contribution is -0.0641. The first-order valence-corrected chi connectivity index (χ1v) is 6.91. The zero-order valence-electron chi connectivity index (χ0n) is 11.3. The van der Waals surface area contributed by atoms with Crippen LogP contribution in [0.5, 0.6) is 5.75 Å². The van der Waals surface area contributed by atoms with Crippen molar-refractivity contribution in [2.75, 3.05) is 6.54 Å². The minimum absolute atomic E-state index is 0.240. The molecule has 2 atom stereocenters. The number of benzene rings is 1. The highest BCUT2D eigenvalue weighted by Gasteiger charge is 2.47. The Morgan fingerprint density at radius 1 is 1.58 bits per heavy atom. The summed E-state index contributed by atoms with van der Waals surface area (Å²) in [5.41, 5.74) is 1.88. The van der Waals surface area contributed by atoms with E-state index < -0.39 is 0 Å². The number of nitrogens with one attached hydrogen (secondary N) is 1. The van der Waals surface area contributed by atoms with Gasteiger partial charge in [-0.05, 0) is 32.1 Å². The lowest BCUT2D eigenvalue weighted by Gasteiger charge is -2.52. The predicted octanol–water partition coefficient (Wildman–Crippen LogP) is 2.99. The molecule has 1 fully saturated rings. The molecule has 4 heteroatoms. The van der Waals surface area contributed by atoms with Crippen molar-refractivity contribution in [1.29, 1.82) is 0 Å². The second-order valence-corrected chi connectivity index (χ2v) is 5.95. The molecule has 100 valence electrons. The minimum atomic E-state index is -0.389. The monoisotopic (exact) mass is 274 g/mol. The number of fused-ring (bicyclic) bond motifs is 4. The molecule has 1 aromatic rings. The van der Waals surface area contributed by atoms with E-state index in [1.807, 2.05) is 25.1 Å². The summed E-state index contributed by atoms with van der Waals surface area (Å²) in [6.07, 6.45) is 0.886. The number of thiocarbonyl (C=S) groups is 1. The van der Waals surface area contributed by atoms with Crippen molar-refractivity contribution in [2.45, 2.75) is 32.0 Å². The van der Waals surface area contributed by atoms with Crippen LogP contribution in [0, 0.1) is 0 Å². The molecule has 0 aliphatic carbocycles. The quantitative estimate of drug-likeness (QED) is 0.662. The summed E-state index contributed by atoms with van der Waals surface area (Å²) in [5, 5.41) is 4.17. The maximum atomic E-state index is 6.23. The van der Waals surface area contributed by atoms with Crippen molar-refractivity contribution in [1.82, 2.24) is 10.2 Å².